The predicted octanol–water partition coefficient (Wildman–Crippen LogP) is 3.73. The van der Waals surface area contributed by atoms with Crippen molar-refractivity contribution in [2.75, 3.05) is 13.2 Å². The summed E-state index contributed by atoms with van der Waals surface area (Å²) < 4.78 is 5.58. The lowest BCUT2D eigenvalue weighted by Gasteiger charge is -2.22. The first kappa shape index (κ1) is 16.6. The van der Waals surface area contributed by atoms with Gasteiger partial charge in [-0.05, 0) is 34.6 Å². The number of aliphatic carboxylic acids is 1. The summed E-state index contributed by atoms with van der Waals surface area (Å²) in [6.45, 7) is 2.59. The summed E-state index contributed by atoms with van der Waals surface area (Å²) in [6.07, 6.45) is -0.0666. The molecule has 1 N–H and O–H groups in total. The second-order valence-corrected chi connectivity index (χ2v) is 7.15. The highest BCUT2D eigenvalue weighted by atomic mass is 16.6. The molecule has 1 aliphatic heterocycles. The van der Waals surface area contributed by atoms with Gasteiger partial charge in [0.15, 0.2) is 0 Å². The van der Waals surface area contributed by atoms with Gasteiger partial charge < -0.3 is 9.84 Å². The number of carboxylic acids is 1. The van der Waals surface area contributed by atoms with Crippen LogP contribution in [0.1, 0.15) is 30.4 Å². The number of fused-ring (bicyclic) bond motifs is 3. The minimum absolute atomic E-state index is 0.0188. The van der Waals surface area contributed by atoms with Crippen LogP contribution >= 0.6 is 0 Å². The zero-order valence-corrected chi connectivity index (χ0v) is 14.6. The molecule has 1 heterocycles. The Morgan fingerprint density at radius 3 is 2.23 bits per heavy atom. The van der Waals surface area contributed by atoms with Crippen LogP contribution in [0.4, 0.5) is 4.79 Å². The fraction of sp³-hybridized carbons (Fsp3) is 0.333. The van der Waals surface area contributed by atoms with Crippen molar-refractivity contribution in [2.24, 2.45) is 5.92 Å². The van der Waals surface area contributed by atoms with Gasteiger partial charge in [0.25, 0.3) is 0 Å². The van der Waals surface area contributed by atoms with Crippen LogP contribution in [0.3, 0.4) is 0 Å². The van der Waals surface area contributed by atoms with Gasteiger partial charge in [0, 0.05) is 12.5 Å². The molecule has 0 saturated carbocycles. The van der Waals surface area contributed by atoms with Gasteiger partial charge >= 0.3 is 12.1 Å². The van der Waals surface area contributed by atoms with Crippen molar-refractivity contribution in [1.29, 1.82) is 0 Å². The van der Waals surface area contributed by atoms with E-state index in [1.165, 1.54) is 16.0 Å². The van der Waals surface area contributed by atoms with Crippen LogP contribution in [0.15, 0.2) is 48.5 Å². The van der Waals surface area contributed by atoms with Crippen molar-refractivity contribution in [3.63, 3.8) is 0 Å². The summed E-state index contributed by atoms with van der Waals surface area (Å²) in [6, 6.07) is 15.5. The van der Waals surface area contributed by atoms with Crippen LogP contribution in [0, 0.1) is 5.92 Å². The molecule has 5 nitrogen and oxygen atoms in total. The highest BCUT2D eigenvalue weighted by Crippen LogP contribution is 2.44. The van der Waals surface area contributed by atoms with E-state index in [9.17, 15) is 14.7 Å². The number of carboxylic acid groups (broad SMARTS) is 1. The maximum absolute atomic E-state index is 12.5. The fourth-order valence-corrected chi connectivity index (χ4v) is 4.16. The molecule has 1 aliphatic carbocycles. The van der Waals surface area contributed by atoms with Crippen LogP contribution in [0.5, 0.6) is 0 Å². The van der Waals surface area contributed by atoms with E-state index < -0.39 is 18.1 Å². The number of benzene rings is 2. The van der Waals surface area contributed by atoms with E-state index in [2.05, 4.69) is 24.3 Å². The van der Waals surface area contributed by atoms with E-state index in [-0.39, 0.29) is 18.4 Å². The van der Waals surface area contributed by atoms with Crippen LogP contribution in [-0.4, -0.2) is 41.3 Å². The van der Waals surface area contributed by atoms with E-state index in [0.717, 1.165) is 11.1 Å². The molecule has 1 amide bonds. The van der Waals surface area contributed by atoms with Gasteiger partial charge in [0.2, 0.25) is 0 Å². The molecule has 2 aliphatic rings. The third-order valence-corrected chi connectivity index (χ3v) is 5.37. The lowest BCUT2D eigenvalue weighted by Crippen LogP contribution is -2.41. The molecule has 26 heavy (non-hydrogen) atoms. The predicted molar refractivity (Wildman–Crippen MR) is 97.0 cm³/mol. The Hall–Kier alpha value is -2.82. The smallest absolute Gasteiger partial charge is 0.410 e. The summed E-state index contributed by atoms with van der Waals surface area (Å²) >= 11 is 0. The van der Waals surface area contributed by atoms with Crippen LogP contribution in [-0.2, 0) is 9.53 Å². The van der Waals surface area contributed by atoms with Crippen LogP contribution in [0.2, 0.25) is 0 Å². The number of nitrogens with zero attached hydrogens (tertiary/aromatic N) is 1. The quantitative estimate of drug-likeness (QED) is 0.915. The average Bonchev–Trinajstić information content (AvgIpc) is 3.18. The summed E-state index contributed by atoms with van der Waals surface area (Å²) in [4.78, 5) is 25.3. The van der Waals surface area contributed by atoms with Gasteiger partial charge in [-0.3, -0.25) is 4.90 Å². The molecule has 0 radical (unpaired) electrons. The maximum Gasteiger partial charge on any atom is 0.410 e. The van der Waals surface area contributed by atoms with E-state index >= 15 is 0 Å². The lowest BCUT2D eigenvalue weighted by atomic mass is 9.98. The van der Waals surface area contributed by atoms with Gasteiger partial charge in [0.05, 0.1) is 0 Å². The normalized spacial score (nSPS) is 21.3. The van der Waals surface area contributed by atoms with E-state index in [4.69, 9.17) is 4.74 Å². The molecule has 2 atom stereocenters. The summed E-state index contributed by atoms with van der Waals surface area (Å²) in [5.74, 6) is -0.825. The van der Waals surface area contributed by atoms with Gasteiger partial charge in [-0.1, -0.05) is 55.5 Å². The molecule has 2 aromatic carbocycles. The number of hydrogen-bond acceptors (Lipinski definition) is 3. The Morgan fingerprint density at radius 1 is 1.08 bits per heavy atom. The maximum atomic E-state index is 12.5. The zero-order valence-electron chi connectivity index (χ0n) is 14.6. The summed E-state index contributed by atoms with van der Waals surface area (Å²) in [5, 5.41) is 9.34. The monoisotopic (exact) mass is 351 g/mol. The topological polar surface area (TPSA) is 66.8 Å². The van der Waals surface area contributed by atoms with Gasteiger partial charge in [-0.2, -0.15) is 0 Å². The first-order valence-electron chi connectivity index (χ1n) is 8.90. The number of rotatable bonds is 3. The molecule has 0 aromatic heterocycles. The van der Waals surface area contributed by atoms with E-state index in [1.54, 1.807) is 0 Å². The number of likely N-dealkylation sites (tertiary alicyclic amines) is 1. The fourth-order valence-electron chi connectivity index (χ4n) is 4.16. The van der Waals surface area contributed by atoms with Crippen LogP contribution in [0.25, 0.3) is 11.1 Å². The summed E-state index contributed by atoms with van der Waals surface area (Å²) in [7, 11) is 0. The van der Waals surface area contributed by atoms with Crippen molar-refractivity contribution < 1.29 is 19.4 Å². The Morgan fingerprint density at radius 2 is 1.65 bits per heavy atom. The Bertz CT molecular complexity index is 817. The first-order valence-corrected chi connectivity index (χ1v) is 8.90. The number of amides is 1. The van der Waals surface area contributed by atoms with E-state index in [1.807, 2.05) is 31.2 Å². The van der Waals surface area contributed by atoms with E-state index in [0.29, 0.717) is 13.0 Å². The average molecular weight is 351 g/mol. The minimum atomic E-state index is -0.970. The molecular weight excluding hydrogens is 330 g/mol. The molecule has 2 aromatic rings. The largest absolute Gasteiger partial charge is 0.480 e. The molecule has 0 unspecified atom stereocenters. The molecule has 4 rings (SSSR count). The third kappa shape index (κ3) is 2.73. The minimum Gasteiger partial charge on any atom is -0.480 e. The number of carbonyl (C=O) groups excluding carboxylic acids is 1. The molecular formula is C21H21NO4. The zero-order chi connectivity index (χ0) is 18.3. The molecule has 0 spiro atoms. The molecule has 0 bridgehead atoms. The lowest BCUT2D eigenvalue weighted by molar-refractivity contribution is -0.141. The van der Waals surface area contributed by atoms with Gasteiger partial charge in [-0.15, -0.1) is 0 Å². The third-order valence-electron chi connectivity index (χ3n) is 5.37. The first-order chi connectivity index (χ1) is 12.6. The Balaban J connectivity index is 1.53. The van der Waals surface area contributed by atoms with Crippen molar-refractivity contribution >= 4 is 12.1 Å². The van der Waals surface area contributed by atoms with Crippen molar-refractivity contribution in [3.8, 4) is 11.1 Å². The van der Waals surface area contributed by atoms with Crippen molar-refractivity contribution in [1.82, 2.24) is 4.90 Å². The Labute approximate surface area is 152 Å². The summed E-state index contributed by atoms with van der Waals surface area (Å²) in [5.41, 5.74) is 4.63. The second kappa shape index (κ2) is 6.48. The van der Waals surface area contributed by atoms with Crippen molar-refractivity contribution in [2.45, 2.75) is 25.3 Å². The standard InChI is InChI=1S/C21H21NO4/c1-13-10-19(20(23)24)22(11-13)21(25)26-12-18-16-8-4-2-6-14(16)15-7-3-5-9-17(15)18/h2-9,13,18-19H,10-12H2,1H3,(H,23,24)/t13-,19-/m0/s1. The highest BCUT2D eigenvalue weighted by molar-refractivity contribution is 5.81. The number of ether oxygens (including phenoxy) is 1. The highest BCUT2D eigenvalue weighted by Gasteiger charge is 2.39. The number of hydrogen-bond donors (Lipinski definition) is 1. The SMILES string of the molecule is C[C@H]1C[C@@H](C(=O)O)N(C(=O)OCC2c3ccccc3-c3ccccc32)C1. The van der Waals surface area contributed by atoms with Gasteiger partial charge in [-0.25, -0.2) is 9.59 Å². The second-order valence-electron chi connectivity index (χ2n) is 7.15. The van der Waals surface area contributed by atoms with Gasteiger partial charge in [0.1, 0.15) is 12.6 Å². The molecule has 134 valence electrons. The van der Waals surface area contributed by atoms with Crippen LogP contribution < -0.4 is 0 Å². The Kier molecular flexibility index (Phi) is 4.15. The molecule has 5 heteroatoms. The molecule has 1 saturated heterocycles. The number of carbonyl (C=O) groups is 2. The molecule has 1 fully saturated rings. The van der Waals surface area contributed by atoms with Crippen molar-refractivity contribution in [3.05, 3.63) is 59.7 Å².